The minimum absolute atomic E-state index is 0.00347. The summed E-state index contributed by atoms with van der Waals surface area (Å²) in [5, 5.41) is 0. The van der Waals surface area contributed by atoms with E-state index in [-0.39, 0.29) is 18.6 Å². The van der Waals surface area contributed by atoms with Crippen molar-refractivity contribution in [2.75, 3.05) is 6.61 Å². The number of amides is 1. The second-order valence-electron chi connectivity index (χ2n) is 6.78. The molecule has 6 heteroatoms. The van der Waals surface area contributed by atoms with Crippen LogP contribution in [0.4, 0.5) is 13.6 Å². The molecule has 2 N–H and O–H groups in total. The van der Waals surface area contributed by atoms with E-state index in [1.165, 1.54) is 0 Å². The summed E-state index contributed by atoms with van der Waals surface area (Å²) in [7, 11) is 0. The van der Waals surface area contributed by atoms with Gasteiger partial charge in [-0.25, -0.2) is 13.6 Å². The van der Waals surface area contributed by atoms with Gasteiger partial charge in [-0.2, -0.15) is 0 Å². The van der Waals surface area contributed by atoms with Gasteiger partial charge in [0.1, 0.15) is 23.3 Å². The molecule has 4 nitrogen and oxygen atoms in total. The van der Waals surface area contributed by atoms with Crippen molar-refractivity contribution in [1.29, 1.82) is 0 Å². The summed E-state index contributed by atoms with van der Waals surface area (Å²) >= 11 is 0. The Morgan fingerprint density at radius 1 is 1.43 bits per heavy atom. The number of halogens is 2. The number of hydrogen-bond acceptors (Lipinski definition) is 3. The first-order valence-electron chi connectivity index (χ1n) is 7.30. The molecule has 2 atom stereocenters. The van der Waals surface area contributed by atoms with Gasteiger partial charge in [-0.05, 0) is 29.2 Å². The molecule has 2 rings (SSSR count). The molecular formula is C17H21F2NO3. The highest BCUT2D eigenvalue weighted by Crippen LogP contribution is 2.51. The van der Waals surface area contributed by atoms with Crippen LogP contribution in [0.2, 0.25) is 0 Å². The van der Waals surface area contributed by atoms with Crippen molar-refractivity contribution < 1.29 is 23.0 Å². The van der Waals surface area contributed by atoms with Crippen molar-refractivity contribution in [2.24, 2.45) is 11.1 Å². The first-order chi connectivity index (χ1) is 10.6. The molecule has 126 valence electrons. The van der Waals surface area contributed by atoms with Crippen molar-refractivity contribution in [3.63, 3.8) is 0 Å². The van der Waals surface area contributed by atoms with Gasteiger partial charge in [0.2, 0.25) is 0 Å². The molecule has 1 aliphatic heterocycles. The van der Waals surface area contributed by atoms with Crippen LogP contribution >= 0.6 is 0 Å². The molecule has 0 radical (unpaired) electrons. The van der Waals surface area contributed by atoms with Gasteiger partial charge in [-0.1, -0.05) is 27.4 Å². The maximum atomic E-state index is 14.5. The minimum Gasteiger partial charge on any atom is -0.443 e. The Morgan fingerprint density at radius 3 is 2.65 bits per heavy atom. The highest BCUT2D eigenvalue weighted by atomic mass is 19.1. The standard InChI is InChI=1S/C17H21F2NO3/c1-10-7-14(23-15(20)21)17(22-9-10,16(2,3)4)12-8-11(18)5-6-13(12)19/h5-6,8,14H,1,7,9H2,2-4H3,(H2,20,21)/t14-,17+/m0/s1. The molecular weight excluding hydrogens is 304 g/mol. The molecule has 0 spiro atoms. The third kappa shape index (κ3) is 3.08. The van der Waals surface area contributed by atoms with E-state index in [9.17, 15) is 13.6 Å². The van der Waals surface area contributed by atoms with Gasteiger partial charge in [0, 0.05) is 12.0 Å². The highest BCUT2D eigenvalue weighted by Gasteiger charge is 2.56. The van der Waals surface area contributed by atoms with Crippen molar-refractivity contribution in [3.05, 3.63) is 47.5 Å². The molecule has 1 fully saturated rings. The Kier molecular flexibility index (Phi) is 4.48. The summed E-state index contributed by atoms with van der Waals surface area (Å²) in [6, 6.07) is 3.14. The van der Waals surface area contributed by atoms with E-state index in [4.69, 9.17) is 15.2 Å². The second-order valence-corrected chi connectivity index (χ2v) is 6.78. The van der Waals surface area contributed by atoms with Crippen LogP contribution in [0.5, 0.6) is 0 Å². The molecule has 0 aromatic heterocycles. The number of hydrogen-bond donors (Lipinski definition) is 1. The van der Waals surface area contributed by atoms with Crippen LogP contribution in [0.1, 0.15) is 32.8 Å². The quantitative estimate of drug-likeness (QED) is 0.844. The van der Waals surface area contributed by atoms with E-state index in [2.05, 4.69) is 6.58 Å². The smallest absolute Gasteiger partial charge is 0.404 e. The Morgan fingerprint density at radius 2 is 2.09 bits per heavy atom. The van der Waals surface area contributed by atoms with E-state index >= 15 is 0 Å². The lowest BCUT2D eigenvalue weighted by Crippen LogP contribution is -2.57. The topological polar surface area (TPSA) is 61.6 Å². The predicted octanol–water partition coefficient (Wildman–Crippen LogP) is 3.65. The molecule has 0 saturated carbocycles. The third-order valence-electron chi connectivity index (χ3n) is 4.13. The van der Waals surface area contributed by atoms with Gasteiger partial charge in [0.05, 0.1) is 6.61 Å². The number of ether oxygens (including phenoxy) is 2. The van der Waals surface area contributed by atoms with Gasteiger partial charge in [0.15, 0.2) is 0 Å². The normalized spacial score (nSPS) is 25.3. The molecule has 0 bridgehead atoms. The fourth-order valence-corrected chi connectivity index (χ4v) is 3.18. The lowest BCUT2D eigenvalue weighted by molar-refractivity contribution is -0.200. The zero-order valence-corrected chi connectivity index (χ0v) is 13.5. The van der Waals surface area contributed by atoms with E-state index in [1.54, 1.807) is 0 Å². The molecule has 1 aromatic carbocycles. The monoisotopic (exact) mass is 325 g/mol. The van der Waals surface area contributed by atoms with Crippen LogP contribution in [0.15, 0.2) is 30.4 Å². The summed E-state index contributed by atoms with van der Waals surface area (Å²) in [5.74, 6) is -1.23. The number of carbonyl (C=O) groups is 1. The number of carbonyl (C=O) groups excluding carboxylic acids is 1. The SMILES string of the molecule is C=C1CO[C@@](c2cc(F)ccc2F)(C(C)(C)C)[C@@H](OC(N)=O)C1. The summed E-state index contributed by atoms with van der Waals surface area (Å²) in [6.45, 7) is 9.41. The fraction of sp³-hybridized carbons (Fsp3) is 0.471. The minimum atomic E-state index is -1.38. The first-order valence-corrected chi connectivity index (χ1v) is 7.30. The number of rotatable bonds is 2. The van der Waals surface area contributed by atoms with Gasteiger partial charge < -0.3 is 15.2 Å². The van der Waals surface area contributed by atoms with Crippen LogP contribution in [-0.2, 0) is 15.1 Å². The zero-order valence-electron chi connectivity index (χ0n) is 13.5. The summed E-state index contributed by atoms with van der Waals surface area (Å²) in [5.41, 5.74) is 3.77. The van der Waals surface area contributed by atoms with Crippen molar-refractivity contribution in [3.8, 4) is 0 Å². The lowest BCUT2D eigenvalue weighted by Gasteiger charge is -2.51. The van der Waals surface area contributed by atoms with Crippen LogP contribution in [0, 0.1) is 17.0 Å². The summed E-state index contributed by atoms with van der Waals surface area (Å²) in [6.07, 6.45) is -1.65. The van der Waals surface area contributed by atoms with Crippen LogP contribution in [0.3, 0.4) is 0 Å². The molecule has 1 saturated heterocycles. The maximum absolute atomic E-state index is 14.5. The molecule has 0 unspecified atom stereocenters. The number of primary amides is 1. The Bertz CT molecular complexity index is 637. The Hall–Kier alpha value is -1.95. The maximum Gasteiger partial charge on any atom is 0.404 e. The molecule has 1 aliphatic rings. The van der Waals surface area contributed by atoms with E-state index in [0.29, 0.717) is 5.57 Å². The fourth-order valence-electron chi connectivity index (χ4n) is 3.18. The molecule has 1 heterocycles. The van der Waals surface area contributed by atoms with Crippen LogP contribution < -0.4 is 5.73 Å². The van der Waals surface area contributed by atoms with Gasteiger partial charge >= 0.3 is 6.09 Å². The molecule has 1 aromatic rings. The average molecular weight is 325 g/mol. The average Bonchev–Trinajstić information content (AvgIpc) is 2.40. The van der Waals surface area contributed by atoms with E-state index < -0.39 is 34.8 Å². The Balaban J connectivity index is 2.69. The van der Waals surface area contributed by atoms with E-state index in [0.717, 1.165) is 18.2 Å². The number of nitrogens with two attached hydrogens (primary N) is 1. The number of benzene rings is 1. The van der Waals surface area contributed by atoms with Gasteiger partial charge in [-0.3, -0.25) is 0 Å². The lowest BCUT2D eigenvalue weighted by atomic mass is 9.66. The third-order valence-corrected chi connectivity index (χ3v) is 4.13. The van der Waals surface area contributed by atoms with Crippen molar-refractivity contribution >= 4 is 6.09 Å². The van der Waals surface area contributed by atoms with Crippen molar-refractivity contribution in [1.82, 2.24) is 0 Å². The van der Waals surface area contributed by atoms with E-state index in [1.807, 2.05) is 20.8 Å². The molecule has 0 aliphatic carbocycles. The predicted molar refractivity (Wildman–Crippen MR) is 81.7 cm³/mol. The van der Waals surface area contributed by atoms with Gasteiger partial charge in [0.25, 0.3) is 0 Å². The van der Waals surface area contributed by atoms with Crippen LogP contribution in [-0.4, -0.2) is 18.8 Å². The first kappa shape index (κ1) is 17.4. The zero-order chi connectivity index (χ0) is 17.4. The van der Waals surface area contributed by atoms with Crippen LogP contribution in [0.25, 0.3) is 0 Å². The molecule has 1 amide bonds. The Labute approximate surface area is 134 Å². The summed E-state index contributed by atoms with van der Waals surface area (Å²) < 4.78 is 39.4. The molecule has 23 heavy (non-hydrogen) atoms. The second kappa shape index (κ2) is 5.92. The van der Waals surface area contributed by atoms with Gasteiger partial charge in [-0.15, -0.1) is 0 Å². The van der Waals surface area contributed by atoms with Crippen molar-refractivity contribution in [2.45, 2.75) is 38.9 Å². The largest absolute Gasteiger partial charge is 0.443 e. The highest BCUT2D eigenvalue weighted by molar-refractivity contribution is 5.65. The summed E-state index contributed by atoms with van der Waals surface area (Å²) in [4.78, 5) is 11.3.